The van der Waals surface area contributed by atoms with Crippen molar-refractivity contribution < 1.29 is 32.2 Å². The second kappa shape index (κ2) is 9.35. The van der Waals surface area contributed by atoms with Gasteiger partial charge in [0.15, 0.2) is 11.5 Å². The van der Waals surface area contributed by atoms with E-state index in [1.165, 1.54) is 24.3 Å². The van der Waals surface area contributed by atoms with E-state index in [0.29, 0.717) is 0 Å². The molecule has 0 amide bonds. The Labute approximate surface area is 188 Å². The molecule has 6 nitrogen and oxygen atoms in total. The zero-order valence-electron chi connectivity index (χ0n) is 18.1. The molecule has 3 aromatic rings. The Bertz CT molecular complexity index is 1200. The number of piperidine rings is 1. The average molecular weight is 463 g/mol. The number of nitrogens with zero attached hydrogens (tertiary/aromatic N) is 1. The number of alkyl halides is 3. The average Bonchev–Trinajstić information content (AvgIpc) is 2.78. The molecule has 9 heteroatoms. The lowest BCUT2D eigenvalue weighted by molar-refractivity contribution is -0.154. The van der Waals surface area contributed by atoms with Crippen molar-refractivity contribution >= 4 is 11.0 Å². The molecule has 1 N–H and O–H groups in total. The zero-order chi connectivity index (χ0) is 23.6. The number of phenols is 1. The molecule has 2 heterocycles. The van der Waals surface area contributed by atoms with Crippen LogP contribution in [0.2, 0.25) is 0 Å². The summed E-state index contributed by atoms with van der Waals surface area (Å²) in [5, 5.41) is 10.3. The summed E-state index contributed by atoms with van der Waals surface area (Å²) < 4.78 is 58.1. The van der Waals surface area contributed by atoms with Gasteiger partial charge in [-0.25, -0.2) is 0 Å². The number of aromatic hydroxyl groups is 1. The van der Waals surface area contributed by atoms with Gasteiger partial charge in [0.2, 0.25) is 11.2 Å². The first kappa shape index (κ1) is 23.0. The Morgan fingerprint density at radius 1 is 1.06 bits per heavy atom. The summed E-state index contributed by atoms with van der Waals surface area (Å²) in [7, 11) is 0. The van der Waals surface area contributed by atoms with Gasteiger partial charge < -0.3 is 19.0 Å². The number of para-hydroxylation sites is 2. The van der Waals surface area contributed by atoms with Crippen molar-refractivity contribution in [3.8, 4) is 23.0 Å². The number of hydrogen-bond acceptors (Lipinski definition) is 6. The quantitative estimate of drug-likeness (QED) is 0.506. The van der Waals surface area contributed by atoms with Gasteiger partial charge in [-0.3, -0.25) is 9.69 Å². The summed E-state index contributed by atoms with van der Waals surface area (Å²) in [5.74, 6) is -2.60. The highest BCUT2D eigenvalue weighted by Crippen LogP contribution is 2.41. The summed E-state index contributed by atoms with van der Waals surface area (Å²) in [6.45, 7) is 3.66. The summed E-state index contributed by atoms with van der Waals surface area (Å²) >= 11 is 0. The van der Waals surface area contributed by atoms with Crippen LogP contribution >= 0.6 is 0 Å². The van der Waals surface area contributed by atoms with E-state index in [1.807, 2.05) is 4.90 Å². The van der Waals surface area contributed by atoms with Gasteiger partial charge in [0.05, 0.1) is 17.6 Å². The highest BCUT2D eigenvalue weighted by Gasteiger charge is 2.41. The number of phenolic OH excluding ortho intramolecular Hbond substituents is 1. The van der Waals surface area contributed by atoms with Gasteiger partial charge in [0.25, 0.3) is 5.76 Å². The minimum absolute atomic E-state index is 0.0381. The number of ether oxygens (including phenoxy) is 2. The van der Waals surface area contributed by atoms with Crippen molar-refractivity contribution in [2.45, 2.75) is 38.9 Å². The monoisotopic (exact) mass is 463 g/mol. The number of rotatable bonds is 6. The predicted molar refractivity (Wildman–Crippen MR) is 116 cm³/mol. The van der Waals surface area contributed by atoms with E-state index in [2.05, 4.69) is 0 Å². The van der Waals surface area contributed by atoms with E-state index in [0.717, 1.165) is 32.4 Å². The molecule has 1 fully saturated rings. The molecular formula is C24H24F3NO5. The van der Waals surface area contributed by atoms with Crippen molar-refractivity contribution in [3.63, 3.8) is 0 Å². The SMILES string of the molecule is CCOc1ccccc1Oc1c(C(F)(F)F)oc2c(CN3CCCCC3)c(O)ccc2c1=O. The van der Waals surface area contributed by atoms with Crippen LogP contribution in [0.25, 0.3) is 11.0 Å². The molecule has 0 bridgehead atoms. The number of halogens is 3. The van der Waals surface area contributed by atoms with E-state index in [1.54, 1.807) is 19.1 Å². The molecule has 0 atom stereocenters. The van der Waals surface area contributed by atoms with E-state index < -0.39 is 23.1 Å². The lowest BCUT2D eigenvalue weighted by atomic mass is 10.1. The minimum atomic E-state index is -5.00. The third-order valence-corrected chi connectivity index (χ3v) is 5.55. The predicted octanol–water partition coefficient (Wildman–Crippen LogP) is 5.69. The molecule has 1 aliphatic rings. The lowest BCUT2D eigenvalue weighted by Crippen LogP contribution is -2.29. The Morgan fingerprint density at radius 2 is 1.76 bits per heavy atom. The lowest BCUT2D eigenvalue weighted by Gasteiger charge is -2.27. The molecule has 2 aromatic carbocycles. The highest BCUT2D eigenvalue weighted by molar-refractivity contribution is 5.83. The van der Waals surface area contributed by atoms with Crippen molar-refractivity contribution in [2.24, 2.45) is 0 Å². The molecule has 4 rings (SSSR count). The molecule has 0 aliphatic carbocycles. The smallest absolute Gasteiger partial charge is 0.453 e. The van der Waals surface area contributed by atoms with Gasteiger partial charge in [0, 0.05) is 6.54 Å². The van der Waals surface area contributed by atoms with Crippen LogP contribution < -0.4 is 14.9 Å². The summed E-state index contributed by atoms with van der Waals surface area (Å²) in [6, 6.07) is 8.68. The third-order valence-electron chi connectivity index (χ3n) is 5.55. The van der Waals surface area contributed by atoms with Gasteiger partial charge in [-0.2, -0.15) is 13.2 Å². The maximum atomic E-state index is 14.0. The van der Waals surface area contributed by atoms with Crippen molar-refractivity contribution in [1.82, 2.24) is 4.90 Å². The number of hydrogen-bond donors (Lipinski definition) is 1. The van der Waals surface area contributed by atoms with Crippen molar-refractivity contribution in [1.29, 1.82) is 0 Å². The molecule has 0 spiro atoms. The second-order valence-corrected chi connectivity index (χ2v) is 7.85. The maximum absolute atomic E-state index is 14.0. The summed E-state index contributed by atoms with van der Waals surface area (Å²) in [4.78, 5) is 15.2. The standard InChI is InChI=1S/C24H24F3NO5/c1-2-31-18-8-4-5-9-19(18)32-22-20(30)15-10-11-17(29)16(14-28-12-6-3-7-13-28)21(15)33-23(22)24(25,26)27/h4-5,8-11,29H,2-3,6-7,12-14H2,1H3. The topological polar surface area (TPSA) is 72.1 Å². The maximum Gasteiger partial charge on any atom is 0.453 e. The molecule has 0 saturated carbocycles. The Kier molecular flexibility index (Phi) is 6.51. The largest absolute Gasteiger partial charge is 0.507 e. The van der Waals surface area contributed by atoms with Crippen molar-refractivity contribution in [2.75, 3.05) is 19.7 Å². The first-order valence-corrected chi connectivity index (χ1v) is 10.8. The van der Waals surface area contributed by atoms with Crippen LogP contribution in [-0.4, -0.2) is 29.7 Å². The normalized spacial score (nSPS) is 15.0. The number of benzene rings is 2. The van der Waals surface area contributed by atoms with E-state index >= 15 is 0 Å². The fraction of sp³-hybridized carbons (Fsp3) is 0.375. The fourth-order valence-corrected chi connectivity index (χ4v) is 3.98. The second-order valence-electron chi connectivity index (χ2n) is 7.85. The van der Waals surface area contributed by atoms with Crippen LogP contribution in [0.1, 0.15) is 37.5 Å². The van der Waals surface area contributed by atoms with Crippen LogP contribution in [-0.2, 0) is 12.7 Å². The molecule has 1 aliphatic heterocycles. The van der Waals surface area contributed by atoms with Gasteiger partial charge in [-0.15, -0.1) is 0 Å². The minimum Gasteiger partial charge on any atom is -0.507 e. The van der Waals surface area contributed by atoms with Crippen LogP contribution in [0, 0.1) is 0 Å². The van der Waals surface area contributed by atoms with Gasteiger partial charge >= 0.3 is 6.18 Å². The Balaban J connectivity index is 1.87. The van der Waals surface area contributed by atoms with Gasteiger partial charge in [-0.05, 0) is 57.1 Å². The van der Waals surface area contributed by atoms with Crippen LogP contribution in [0.3, 0.4) is 0 Å². The van der Waals surface area contributed by atoms with Crippen molar-refractivity contribution in [3.05, 3.63) is 57.9 Å². The van der Waals surface area contributed by atoms with Gasteiger partial charge in [-0.1, -0.05) is 18.6 Å². The van der Waals surface area contributed by atoms with Crippen LogP contribution in [0.15, 0.2) is 45.6 Å². The van der Waals surface area contributed by atoms with E-state index in [-0.39, 0.29) is 46.9 Å². The van der Waals surface area contributed by atoms with Gasteiger partial charge in [0.1, 0.15) is 11.3 Å². The third kappa shape index (κ3) is 4.78. The van der Waals surface area contributed by atoms with Crippen LogP contribution in [0.4, 0.5) is 13.2 Å². The molecule has 176 valence electrons. The Morgan fingerprint density at radius 3 is 2.42 bits per heavy atom. The van der Waals surface area contributed by atoms with Crippen LogP contribution in [0.5, 0.6) is 23.0 Å². The molecule has 33 heavy (non-hydrogen) atoms. The number of likely N-dealkylation sites (tertiary alicyclic amines) is 1. The first-order valence-electron chi connectivity index (χ1n) is 10.8. The summed E-state index contributed by atoms with van der Waals surface area (Å²) in [6.07, 6.45) is -2.01. The van der Waals surface area contributed by atoms with E-state index in [9.17, 15) is 23.1 Å². The van der Waals surface area contributed by atoms with E-state index in [4.69, 9.17) is 13.9 Å². The number of fused-ring (bicyclic) bond motifs is 1. The first-order chi connectivity index (χ1) is 15.8. The molecule has 0 unspecified atom stereocenters. The summed E-state index contributed by atoms with van der Waals surface area (Å²) in [5.41, 5.74) is -1.11. The highest BCUT2D eigenvalue weighted by atomic mass is 19.4. The molecule has 1 saturated heterocycles. The molecule has 0 radical (unpaired) electrons. The molecular weight excluding hydrogens is 439 g/mol. The zero-order valence-corrected chi connectivity index (χ0v) is 18.1. The Hall–Kier alpha value is -3.20. The fourth-order valence-electron chi connectivity index (χ4n) is 3.98. The molecule has 1 aromatic heterocycles.